The molecule has 0 radical (unpaired) electrons. The zero-order valence-corrected chi connectivity index (χ0v) is 28.9. The van der Waals surface area contributed by atoms with Gasteiger partial charge in [0.25, 0.3) is 0 Å². The number of unbranched alkanes of at least 4 members (excludes halogenated alkanes) is 1. The van der Waals surface area contributed by atoms with Crippen LogP contribution < -0.4 is 0 Å². The summed E-state index contributed by atoms with van der Waals surface area (Å²) in [6.07, 6.45) is 23.0. The molecule has 0 aromatic rings. The molecule has 0 saturated heterocycles. The van der Waals surface area contributed by atoms with Crippen LogP contribution in [0.25, 0.3) is 0 Å². The second kappa shape index (κ2) is 23.9. The lowest BCUT2D eigenvalue weighted by molar-refractivity contribution is 0.0865. The fraction of sp³-hybridized carbons (Fsp3) is 1.00. The highest BCUT2D eigenvalue weighted by molar-refractivity contribution is 4.85. The molecule has 0 amide bonds. The van der Waals surface area contributed by atoms with Crippen LogP contribution in [0.3, 0.4) is 0 Å². The Bertz CT molecular complexity index is 453. The van der Waals surface area contributed by atoms with Gasteiger partial charge >= 0.3 is 0 Å². The quantitative estimate of drug-likeness (QED) is 0.178. The summed E-state index contributed by atoms with van der Waals surface area (Å²) < 4.78 is 0. The molecule has 0 bridgehead atoms. The van der Waals surface area contributed by atoms with Crippen LogP contribution in [0, 0.1) is 46.8 Å². The fourth-order valence-corrected chi connectivity index (χ4v) is 6.55. The van der Waals surface area contributed by atoms with Gasteiger partial charge in [0.15, 0.2) is 0 Å². The van der Waals surface area contributed by atoms with Crippen LogP contribution in [0.5, 0.6) is 0 Å². The molecule has 226 valence electrons. The lowest BCUT2D eigenvalue weighted by atomic mass is 9.64. The van der Waals surface area contributed by atoms with Crippen molar-refractivity contribution in [2.45, 2.75) is 193 Å². The summed E-state index contributed by atoms with van der Waals surface area (Å²) in [7, 11) is 0. The molecule has 1 aliphatic carbocycles. The average molecular weight is 523 g/mol. The average Bonchev–Trinajstić information content (AvgIpc) is 2.86. The van der Waals surface area contributed by atoms with E-state index in [-0.39, 0.29) is 0 Å². The molecule has 0 spiro atoms. The van der Waals surface area contributed by atoms with Crippen molar-refractivity contribution in [2.24, 2.45) is 46.8 Å². The fourth-order valence-electron chi connectivity index (χ4n) is 6.55. The van der Waals surface area contributed by atoms with E-state index < -0.39 is 0 Å². The van der Waals surface area contributed by atoms with Crippen LogP contribution in [0.15, 0.2) is 0 Å². The molecule has 0 heterocycles. The normalized spacial score (nSPS) is 17.9. The first-order valence-electron chi connectivity index (χ1n) is 17.4. The van der Waals surface area contributed by atoms with E-state index in [4.69, 9.17) is 0 Å². The van der Waals surface area contributed by atoms with Crippen LogP contribution in [0.4, 0.5) is 0 Å². The predicted octanol–water partition coefficient (Wildman–Crippen LogP) is 13.8. The van der Waals surface area contributed by atoms with Gasteiger partial charge in [0, 0.05) is 0 Å². The largest absolute Gasteiger partial charge is 0.0683 e. The summed E-state index contributed by atoms with van der Waals surface area (Å²) in [6, 6.07) is 0. The maximum atomic E-state index is 2.62. The Kier molecular flexibility index (Phi) is 25.2. The summed E-state index contributed by atoms with van der Waals surface area (Å²) in [4.78, 5) is 0. The van der Waals surface area contributed by atoms with E-state index in [1.54, 1.807) is 0 Å². The third kappa shape index (κ3) is 21.5. The van der Waals surface area contributed by atoms with E-state index in [9.17, 15) is 0 Å². The minimum Gasteiger partial charge on any atom is -0.0683 e. The molecule has 0 N–H and O–H groups in total. The Hall–Kier alpha value is 0. The Morgan fingerprint density at radius 3 is 1.65 bits per heavy atom. The second-order valence-corrected chi connectivity index (χ2v) is 14.6. The Balaban J connectivity index is 0. The zero-order chi connectivity index (χ0) is 28.9. The van der Waals surface area contributed by atoms with Crippen molar-refractivity contribution < 1.29 is 0 Å². The Morgan fingerprint density at radius 1 is 0.649 bits per heavy atom. The summed E-state index contributed by atoms with van der Waals surface area (Å²) in [5.74, 6) is 6.41. The lowest BCUT2D eigenvalue weighted by Gasteiger charge is -2.42. The van der Waals surface area contributed by atoms with Crippen LogP contribution in [-0.4, -0.2) is 0 Å². The molecule has 0 aromatic heterocycles. The Labute approximate surface area is 239 Å². The van der Waals surface area contributed by atoms with Crippen molar-refractivity contribution in [2.75, 3.05) is 0 Å². The van der Waals surface area contributed by atoms with Crippen LogP contribution in [0.1, 0.15) is 193 Å². The highest BCUT2D eigenvalue weighted by Crippen LogP contribution is 2.45. The molecule has 37 heavy (non-hydrogen) atoms. The van der Waals surface area contributed by atoms with Crippen molar-refractivity contribution in [1.29, 1.82) is 0 Å². The Morgan fingerprint density at radius 2 is 1.19 bits per heavy atom. The molecule has 1 saturated carbocycles. The molecule has 0 aromatic carbocycles. The van der Waals surface area contributed by atoms with E-state index in [0.717, 1.165) is 41.4 Å². The van der Waals surface area contributed by atoms with Crippen molar-refractivity contribution in [3.8, 4) is 0 Å². The first-order valence-corrected chi connectivity index (χ1v) is 17.4. The summed E-state index contributed by atoms with van der Waals surface area (Å²) >= 11 is 0. The molecular weight excluding hydrogens is 444 g/mol. The van der Waals surface area contributed by atoms with Gasteiger partial charge in [-0.2, -0.15) is 0 Å². The summed E-state index contributed by atoms with van der Waals surface area (Å²) in [5.41, 5.74) is 0.514. The predicted molar refractivity (Wildman–Crippen MR) is 174 cm³/mol. The van der Waals surface area contributed by atoms with Gasteiger partial charge in [-0.3, -0.25) is 0 Å². The van der Waals surface area contributed by atoms with Gasteiger partial charge in [-0.25, -0.2) is 0 Å². The molecule has 0 nitrogen and oxygen atoms in total. The zero-order valence-electron chi connectivity index (χ0n) is 28.9. The van der Waals surface area contributed by atoms with Crippen molar-refractivity contribution >= 4 is 0 Å². The third-order valence-corrected chi connectivity index (χ3v) is 9.28. The van der Waals surface area contributed by atoms with E-state index in [1.165, 1.54) is 103 Å². The third-order valence-electron chi connectivity index (χ3n) is 9.28. The van der Waals surface area contributed by atoms with E-state index in [1.807, 2.05) is 13.8 Å². The number of hydrogen-bond acceptors (Lipinski definition) is 0. The van der Waals surface area contributed by atoms with Crippen molar-refractivity contribution in [1.82, 2.24) is 0 Å². The van der Waals surface area contributed by atoms with Crippen LogP contribution in [-0.2, 0) is 0 Å². The standard InChI is InChI=1S/C28H56.C7H16.C2H6/c1-9-14-23(4)18-19-24(5)25(6)27(26-16-11-10-12-17-26)21-28(7,8)20-13-15-22(2)3;1-4-5-6-7(2)3;1-2/h22-27H,9-21H2,1-8H3;7H,4-6H2,1-3H3;1-2H3. The van der Waals surface area contributed by atoms with E-state index in [2.05, 4.69) is 76.2 Å². The van der Waals surface area contributed by atoms with Gasteiger partial charge in [0.05, 0.1) is 0 Å². The first-order chi connectivity index (χ1) is 17.4. The second-order valence-electron chi connectivity index (χ2n) is 14.6. The highest BCUT2D eigenvalue weighted by Gasteiger charge is 2.35. The monoisotopic (exact) mass is 523 g/mol. The van der Waals surface area contributed by atoms with Crippen molar-refractivity contribution in [3.05, 3.63) is 0 Å². The highest BCUT2D eigenvalue weighted by atomic mass is 14.4. The van der Waals surface area contributed by atoms with Gasteiger partial charge in [0.1, 0.15) is 0 Å². The number of hydrogen-bond donors (Lipinski definition) is 0. The van der Waals surface area contributed by atoms with Crippen molar-refractivity contribution in [3.63, 3.8) is 0 Å². The first kappa shape index (κ1) is 39.1. The molecule has 1 aliphatic rings. The summed E-state index contributed by atoms with van der Waals surface area (Å²) in [5, 5.41) is 0. The number of rotatable bonds is 17. The van der Waals surface area contributed by atoms with Gasteiger partial charge < -0.3 is 0 Å². The molecule has 0 heteroatoms. The molecule has 0 aliphatic heterocycles. The minimum absolute atomic E-state index is 0.514. The molecule has 1 rings (SSSR count). The van der Waals surface area contributed by atoms with E-state index in [0.29, 0.717) is 5.41 Å². The topological polar surface area (TPSA) is 0 Å². The lowest BCUT2D eigenvalue weighted by Crippen LogP contribution is -2.32. The van der Waals surface area contributed by atoms with Crippen LogP contribution >= 0.6 is 0 Å². The maximum absolute atomic E-state index is 2.62. The molecule has 4 unspecified atom stereocenters. The van der Waals surface area contributed by atoms with E-state index >= 15 is 0 Å². The summed E-state index contributed by atoms with van der Waals surface area (Å²) in [6.45, 7) is 30.7. The minimum atomic E-state index is 0.514. The molecule has 1 fully saturated rings. The SMILES string of the molecule is CC.CCCC(C)CCC(C)C(C)C(CC(C)(C)CCCC(C)C)C1CCCCC1.CCCCC(C)C. The van der Waals surface area contributed by atoms with Gasteiger partial charge in [-0.15, -0.1) is 0 Å². The maximum Gasteiger partial charge on any atom is -0.0351 e. The molecule has 4 atom stereocenters. The van der Waals surface area contributed by atoms with Gasteiger partial charge in [-0.1, -0.05) is 180 Å². The van der Waals surface area contributed by atoms with Crippen LogP contribution in [0.2, 0.25) is 0 Å². The molecular formula is C37H78. The van der Waals surface area contributed by atoms with Gasteiger partial charge in [0.2, 0.25) is 0 Å². The smallest absolute Gasteiger partial charge is 0.0351 e. The van der Waals surface area contributed by atoms with Gasteiger partial charge in [-0.05, 0) is 59.7 Å².